The van der Waals surface area contributed by atoms with E-state index in [1.165, 1.54) is 6.33 Å². The Morgan fingerprint density at radius 3 is 2.54 bits per heavy atom. The summed E-state index contributed by atoms with van der Waals surface area (Å²) in [5.74, 6) is 0.764. The predicted molar refractivity (Wildman–Crippen MR) is 101 cm³/mol. The predicted octanol–water partition coefficient (Wildman–Crippen LogP) is 4.59. The average Bonchev–Trinajstić information content (AvgIpc) is 2.69. The fraction of sp³-hybridized carbons (Fsp3) is 0. The van der Waals surface area contributed by atoms with E-state index in [0.717, 1.165) is 16.6 Å². The number of ether oxygens (including phenoxy) is 1. The van der Waals surface area contributed by atoms with Gasteiger partial charge in [-0.05, 0) is 36.4 Å². The van der Waals surface area contributed by atoms with Crippen LogP contribution >= 0.6 is 0 Å². The highest BCUT2D eigenvalue weighted by Crippen LogP contribution is 2.25. The Hall–Kier alpha value is -3.73. The van der Waals surface area contributed by atoms with E-state index in [9.17, 15) is 4.79 Å². The van der Waals surface area contributed by atoms with Gasteiger partial charge in [0.2, 0.25) is 0 Å². The molecule has 5 heteroatoms. The molecule has 0 unspecified atom stereocenters. The second kappa shape index (κ2) is 7.03. The minimum Gasteiger partial charge on any atom is -0.423 e. The maximum atomic E-state index is 12.2. The molecular weight excluding hydrogens is 326 g/mol. The lowest BCUT2D eigenvalue weighted by Gasteiger charge is -2.10. The van der Waals surface area contributed by atoms with Gasteiger partial charge in [0.15, 0.2) is 0 Å². The SMILES string of the molecule is O=C(Oc1cccc(Nc2ncnc3ccccc23)c1)c1ccccc1. The molecule has 0 aliphatic rings. The molecule has 0 atom stereocenters. The minimum absolute atomic E-state index is 0.393. The maximum Gasteiger partial charge on any atom is 0.343 e. The Morgan fingerprint density at radius 1 is 0.846 bits per heavy atom. The lowest BCUT2D eigenvalue weighted by molar-refractivity contribution is 0.0735. The molecule has 4 rings (SSSR count). The lowest BCUT2D eigenvalue weighted by atomic mass is 10.2. The van der Waals surface area contributed by atoms with E-state index in [2.05, 4.69) is 15.3 Å². The van der Waals surface area contributed by atoms with Crippen LogP contribution in [-0.2, 0) is 0 Å². The zero-order chi connectivity index (χ0) is 17.8. The number of hydrogen-bond acceptors (Lipinski definition) is 5. The second-order valence-electron chi connectivity index (χ2n) is 5.65. The first kappa shape index (κ1) is 15.8. The van der Waals surface area contributed by atoms with Crippen molar-refractivity contribution in [2.45, 2.75) is 0 Å². The fourth-order valence-electron chi connectivity index (χ4n) is 2.62. The second-order valence-corrected chi connectivity index (χ2v) is 5.65. The number of carbonyl (C=O) groups is 1. The van der Waals surface area contributed by atoms with Crippen LogP contribution in [0.1, 0.15) is 10.4 Å². The first-order valence-electron chi connectivity index (χ1n) is 8.14. The van der Waals surface area contributed by atoms with Crippen LogP contribution in [0.2, 0.25) is 0 Å². The van der Waals surface area contributed by atoms with Crippen LogP contribution in [0.15, 0.2) is 85.2 Å². The highest BCUT2D eigenvalue weighted by molar-refractivity contribution is 5.92. The zero-order valence-corrected chi connectivity index (χ0v) is 13.8. The van der Waals surface area contributed by atoms with Crippen molar-refractivity contribution in [1.29, 1.82) is 0 Å². The average molecular weight is 341 g/mol. The van der Waals surface area contributed by atoms with Crippen LogP contribution in [0.5, 0.6) is 5.75 Å². The summed E-state index contributed by atoms with van der Waals surface area (Å²) in [7, 11) is 0. The molecule has 0 aliphatic carbocycles. The number of para-hydroxylation sites is 1. The summed E-state index contributed by atoms with van der Waals surface area (Å²) in [6.07, 6.45) is 1.52. The Balaban J connectivity index is 1.57. The largest absolute Gasteiger partial charge is 0.423 e. The summed E-state index contributed by atoms with van der Waals surface area (Å²) in [5.41, 5.74) is 2.14. The van der Waals surface area contributed by atoms with Crippen LogP contribution in [0.25, 0.3) is 10.9 Å². The molecule has 1 heterocycles. The first-order valence-corrected chi connectivity index (χ1v) is 8.14. The lowest BCUT2D eigenvalue weighted by Crippen LogP contribution is -2.08. The van der Waals surface area contributed by atoms with Crippen molar-refractivity contribution < 1.29 is 9.53 Å². The standard InChI is InChI=1S/C21H15N3O2/c25-21(15-7-2-1-3-8-15)26-17-10-6-9-16(13-17)24-20-18-11-4-5-12-19(18)22-14-23-20/h1-14H,(H,22,23,24). The molecule has 0 saturated heterocycles. The molecule has 0 aliphatic heterocycles. The van der Waals surface area contributed by atoms with Crippen LogP contribution in [-0.4, -0.2) is 15.9 Å². The van der Waals surface area contributed by atoms with Gasteiger partial charge in [0, 0.05) is 17.1 Å². The Bertz CT molecular complexity index is 1060. The molecular formula is C21H15N3O2. The maximum absolute atomic E-state index is 12.2. The van der Waals surface area contributed by atoms with Gasteiger partial charge < -0.3 is 10.1 Å². The summed E-state index contributed by atoms with van der Waals surface area (Å²) in [6.45, 7) is 0. The summed E-state index contributed by atoms with van der Waals surface area (Å²) >= 11 is 0. The zero-order valence-electron chi connectivity index (χ0n) is 13.8. The molecule has 0 saturated carbocycles. The number of esters is 1. The molecule has 0 amide bonds. The van der Waals surface area contributed by atoms with Gasteiger partial charge in [0.25, 0.3) is 0 Å². The molecule has 126 valence electrons. The van der Waals surface area contributed by atoms with Gasteiger partial charge >= 0.3 is 5.97 Å². The Morgan fingerprint density at radius 2 is 1.65 bits per heavy atom. The van der Waals surface area contributed by atoms with E-state index in [-0.39, 0.29) is 0 Å². The van der Waals surface area contributed by atoms with Crippen LogP contribution < -0.4 is 10.1 Å². The minimum atomic E-state index is -0.393. The molecule has 0 spiro atoms. The van der Waals surface area contributed by atoms with Gasteiger partial charge in [-0.2, -0.15) is 0 Å². The molecule has 4 aromatic rings. The number of nitrogens with one attached hydrogen (secondary N) is 1. The number of fused-ring (bicyclic) bond motifs is 1. The monoisotopic (exact) mass is 341 g/mol. The molecule has 0 bridgehead atoms. The van der Waals surface area contributed by atoms with Crippen molar-refractivity contribution >= 4 is 28.4 Å². The molecule has 0 radical (unpaired) electrons. The number of benzene rings is 3. The topological polar surface area (TPSA) is 64.1 Å². The van der Waals surface area contributed by atoms with E-state index in [1.54, 1.807) is 36.4 Å². The van der Waals surface area contributed by atoms with Crippen LogP contribution in [0.4, 0.5) is 11.5 Å². The van der Waals surface area contributed by atoms with Gasteiger partial charge in [0.05, 0.1) is 11.1 Å². The van der Waals surface area contributed by atoms with Crippen molar-refractivity contribution in [2.24, 2.45) is 0 Å². The third-order valence-electron chi connectivity index (χ3n) is 3.86. The number of anilines is 2. The van der Waals surface area contributed by atoms with E-state index in [4.69, 9.17) is 4.74 Å². The third kappa shape index (κ3) is 3.37. The van der Waals surface area contributed by atoms with Crippen molar-refractivity contribution in [3.63, 3.8) is 0 Å². The molecule has 0 fully saturated rings. The highest BCUT2D eigenvalue weighted by atomic mass is 16.5. The summed E-state index contributed by atoms with van der Waals surface area (Å²) in [6, 6.07) is 23.9. The molecule has 1 aromatic heterocycles. The quantitative estimate of drug-likeness (QED) is 0.434. The number of carbonyl (C=O) groups excluding carboxylic acids is 1. The van der Waals surface area contributed by atoms with Crippen LogP contribution in [0.3, 0.4) is 0 Å². The van der Waals surface area contributed by atoms with Crippen molar-refractivity contribution in [3.8, 4) is 5.75 Å². The number of hydrogen-bond donors (Lipinski definition) is 1. The number of aromatic nitrogens is 2. The van der Waals surface area contributed by atoms with Crippen molar-refractivity contribution in [2.75, 3.05) is 5.32 Å². The summed E-state index contributed by atoms with van der Waals surface area (Å²) in [4.78, 5) is 20.8. The molecule has 5 nitrogen and oxygen atoms in total. The first-order chi connectivity index (χ1) is 12.8. The van der Waals surface area contributed by atoms with E-state index in [1.807, 2.05) is 42.5 Å². The molecule has 1 N–H and O–H groups in total. The molecule has 3 aromatic carbocycles. The van der Waals surface area contributed by atoms with E-state index in [0.29, 0.717) is 17.1 Å². The van der Waals surface area contributed by atoms with Gasteiger partial charge in [-0.3, -0.25) is 0 Å². The van der Waals surface area contributed by atoms with Crippen LogP contribution in [0, 0.1) is 0 Å². The van der Waals surface area contributed by atoms with Crippen molar-refractivity contribution in [3.05, 3.63) is 90.8 Å². The Labute approximate surface area is 150 Å². The number of nitrogens with zero attached hydrogens (tertiary/aromatic N) is 2. The fourth-order valence-corrected chi connectivity index (χ4v) is 2.62. The van der Waals surface area contributed by atoms with Gasteiger partial charge in [0.1, 0.15) is 17.9 Å². The number of rotatable bonds is 4. The third-order valence-corrected chi connectivity index (χ3v) is 3.86. The van der Waals surface area contributed by atoms with Gasteiger partial charge in [-0.15, -0.1) is 0 Å². The van der Waals surface area contributed by atoms with E-state index < -0.39 is 5.97 Å². The molecule has 26 heavy (non-hydrogen) atoms. The Kier molecular flexibility index (Phi) is 4.26. The van der Waals surface area contributed by atoms with E-state index >= 15 is 0 Å². The van der Waals surface area contributed by atoms with Gasteiger partial charge in [-0.1, -0.05) is 36.4 Å². The van der Waals surface area contributed by atoms with Crippen molar-refractivity contribution in [1.82, 2.24) is 9.97 Å². The summed E-state index contributed by atoms with van der Waals surface area (Å²) < 4.78 is 5.45. The smallest absolute Gasteiger partial charge is 0.343 e. The normalized spacial score (nSPS) is 10.5. The van der Waals surface area contributed by atoms with Gasteiger partial charge in [-0.25, -0.2) is 14.8 Å². The highest BCUT2D eigenvalue weighted by Gasteiger charge is 2.09. The summed E-state index contributed by atoms with van der Waals surface area (Å²) in [5, 5.41) is 4.18.